The third-order valence-corrected chi connectivity index (χ3v) is 3.50. The van der Waals surface area contributed by atoms with Crippen LogP contribution in [0.15, 0.2) is 36.5 Å². The fourth-order valence-electron chi connectivity index (χ4n) is 2.34. The summed E-state index contributed by atoms with van der Waals surface area (Å²) in [6, 6.07) is 8.31. The van der Waals surface area contributed by atoms with Crippen molar-refractivity contribution in [1.82, 2.24) is 4.57 Å². The first-order valence-electron chi connectivity index (χ1n) is 7.00. The van der Waals surface area contributed by atoms with Gasteiger partial charge in [0.2, 0.25) is 0 Å². The third-order valence-electron chi connectivity index (χ3n) is 3.50. The van der Waals surface area contributed by atoms with Gasteiger partial charge in [0.1, 0.15) is 5.69 Å². The van der Waals surface area contributed by atoms with Gasteiger partial charge in [0.15, 0.2) is 6.29 Å². The van der Waals surface area contributed by atoms with Gasteiger partial charge in [0.25, 0.3) is 11.6 Å². The molecule has 1 amide bonds. The molecule has 2 heterocycles. The van der Waals surface area contributed by atoms with Gasteiger partial charge < -0.3 is 19.4 Å². The molecular formula is C15H15N3O5. The van der Waals surface area contributed by atoms with E-state index in [1.165, 1.54) is 16.8 Å². The minimum Gasteiger partial charge on any atom is -0.346 e. The van der Waals surface area contributed by atoms with Crippen molar-refractivity contribution in [1.29, 1.82) is 0 Å². The second-order valence-corrected chi connectivity index (χ2v) is 5.10. The molecule has 1 aromatic carbocycles. The lowest BCUT2D eigenvalue weighted by Gasteiger charge is -2.10. The Kier molecular flexibility index (Phi) is 4.09. The second kappa shape index (κ2) is 6.19. The quantitative estimate of drug-likeness (QED) is 0.689. The van der Waals surface area contributed by atoms with E-state index >= 15 is 0 Å². The van der Waals surface area contributed by atoms with Crippen LogP contribution < -0.4 is 5.32 Å². The maximum absolute atomic E-state index is 12.2. The Balaban J connectivity index is 1.71. The Hall–Kier alpha value is -2.71. The number of nitro groups is 1. The Morgan fingerprint density at radius 2 is 1.96 bits per heavy atom. The molecule has 0 unspecified atom stereocenters. The zero-order valence-electron chi connectivity index (χ0n) is 12.4. The fraction of sp³-hybridized carbons (Fsp3) is 0.267. The van der Waals surface area contributed by atoms with E-state index in [9.17, 15) is 14.9 Å². The lowest BCUT2D eigenvalue weighted by Crippen LogP contribution is -2.15. The van der Waals surface area contributed by atoms with Crippen LogP contribution in [0.3, 0.4) is 0 Å². The van der Waals surface area contributed by atoms with Gasteiger partial charge in [-0.05, 0) is 12.1 Å². The van der Waals surface area contributed by atoms with E-state index < -0.39 is 10.8 Å². The normalized spacial score (nSPS) is 14.8. The van der Waals surface area contributed by atoms with Crippen LogP contribution in [-0.4, -0.2) is 28.6 Å². The van der Waals surface area contributed by atoms with Gasteiger partial charge in [-0.2, -0.15) is 0 Å². The summed E-state index contributed by atoms with van der Waals surface area (Å²) in [6.45, 7) is 1.13. The summed E-state index contributed by atoms with van der Waals surface area (Å²) < 4.78 is 12.2. The van der Waals surface area contributed by atoms with E-state index in [2.05, 4.69) is 5.32 Å². The number of amides is 1. The van der Waals surface area contributed by atoms with E-state index in [4.69, 9.17) is 9.47 Å². The van der Waals surface area contributed by atoms with Crippen LogP contribution in [0.2, 0.25) is 0 Å². The molecule has 0 aliphatic carbocycles. The third kappa shape index (κ3) is 3.22. The molecule has 0 radical (unpaired) electrons. The lowest BCUT2D eigenvalue weighted by molar-refractivity contribution is -0.384. The summed E-state index contributed by atoms with van der Waals surface area (Å²) in [6.07, 6.45) is 0.933. The highest BCUT2D eigenvalue weighted by atomic mass is 16.7. The number of benzene rings is 1. The summed E-state index contributed by atoms with van der Waals surface area (Å²) in [7, 11) is 1.58. The smallest absolute Gasteiger partial charge is 0.287 e. The van der Waals surface area contributed by atoms with Gasteiger partial charge in [-0.1, -0.05) is 12.1 Å². The van der Waals surface area contributed by atoms with Crippen molar-refractivity contribution < 1.29 is 19.2 Å². The molecule has 23 heavy (non-hydrogen) atoms. The molecule has 8 heteroatoms. The van der Waals surface area contributed by atoms with E-state index in [-0.39, 0.29) is 17.7 Å². The molecule has 1 aromatic heterocycles. The van der Waals surface area contributed by atoms with Crippen LogP contribution in [0.4, 0.5) is 11.4 Å². The van der Waals surface area contributed by atoms with Crippen molar-refractivity contribution in [2.45, 2.75) is 6.29 Å². The highest BCUT2D eigenvalue weighted by Crippen LogP contribution is 2.24. The van der Waals surface area contributed by atoms with Crippen LogP contribution >= 0.6 is 0 Å². The number of carbonyl (C=O) groups is 1. The number of aryl methyl sites for hydroxylation is 1. The molecule has 2 aromatic rings. The van der Waals surface area contributed by atoms with E-state index in [0.717, 1.165) is 5.56 Å². The number of nitrogens with zero attached hydrogens (tertiary/aromatic N) is 2. The van der Waals surface area contributed by atoms with Crippen molar-refractivity contribution in [3.8, 4) is 0 Å². The fourth-order valence-corrected chi connectivity index (χ4v) is 2.34. The first-order chi connectivity index (χ1) is 11.0. The van der Waals surface area contributed by atoms with Crippen molar-refractivity contribution in [2.75, 3.05) is 18.5 Å². The summed E-state index contributed by atoms with van der Waals surface area (Å²) >= 11 is 0. The summed E-state index contributed by atoms with van der Waals surface area (Å²) in [5, 5.41) is 13.5. The van der Waals surface area contributed by atoms with Gasteiger partial charge >= 0.3 is 0 Å². The first-order valence-corrected chi connectivity index (χ1v) is 7.00. The molecule has 3 rings (SSSR count). The molecule has 1 N–H and O–H groups in total. The zero-order valence-corrected chi connectivity index (χ0v) is 12.4. The first kappa shape index (κ1) is 15.2. The number of carbonyl (C=O) groups excluding carboxylic acids is 1. The van der Waals surface area contributed by atoms with Crippen molar-refractivity contribution in [2.24, 2.45) is 7.05 Å². The van der Waals surface area contributed by atoms with Crippen LogP contribution in [0, 0.1) is 10.1 Å². The molecule has 1 aliphatic heterocycles. The average molecular weight is 317 g/mol. The molecule has 0 saturated carbocycles. The number of anilines is 1. The summed E-state index contributed by atoms with van der Waals surface area (Å²) in [4.78, 5) is 22.4. The largest absolute Gasteiger partial charge is 0.346 e. The van der Waals surface area contributed by atoms with E-state index in [0.29, 0.717) is 18.9 Å². The molecule has 0 atom stereocenters. The number of hydrogen-bond acceptors (Lipinski definition) is 5. The monoisotopic (exact) mass is 317 g/mol. The second-order valence-electron chi connectivity index (χ2n) is 5.10. The maximum Gasteiger partial charge on any atom is 0.287 e. The molecule has 1 saturated heterocycles. The topological polar surface area (TPSA) is 95.6 Å². The van der Waals surface area contributed by atoms with Gasteiger partial charge in [0, 0.05) is 24.4 Å². The number of nitrogens with one attached hydrogen (secondary N) is 1. The minimum absolute atomic E-state index is 0.122. The minimum atomic E-state index is -0.535. The van der Waals surface area contributed by atoms with Crippen molar-refractivity contribution >= 4 is 17.3 Å². The van der Waals surface area contributed by atoms with E-state index in [1.54, 1.807) is 31.3 Å². The highest BCUT2D eigenvalue weighted by molar-refractivity contribution is 6.03. The molecular weight excluding hydrogens is 302 g/mol. The molecule has 0 bridgehead atoms. The zero-order chi connectivity index (χ0) is 16.4. The number of aromatic nitrogens is 1. The van der Waals surface area contributed by atoms with Crippen LogP contribution in [0.25, 0.3) is 0 Å². The van der Waals surface area contributed by atoms with Crippen LogP contribution in [0.1, 0.15) is 22.3 Å². The predicted octanol–water partition coefficient (Wildman–Crippen LogP) is 2.23. The van der Waals surface area contributed by atoms with Gasteiger partial charge in [-0.3, -0.25) is 14.9 Å². The summed E-state index contributed by atoms with van der Waals surface area (Å²) in [5.74, 6) is -0.415. The molecule has 1 aliphatic rings. The number of rotatable bonds is 4. The number of ether oxygens (including phenoxy) is 2. The lowest BCUT2D eigenvalue weighted by atomic mass is 10.2. The number of hydrogen-bond donors (Lipinski definition) is 1. The van der Waals surface area contributed by atoms with Gasteiger partial charge in [-0.25, -0.2) is 0 Å². The molecule has 0 spiro atoms. The van der Waals surface area contributed by atoms with Crippen molar-refractivity contribution in [3.05, 3.63) is 57.9 Å². The highest BCUT2D eigenvalue weighted by Gasteiger charge is 2.19. The summed E-state index contributed by atoms with van der Waals surface area (Å²) in [5.41, 5.74) is 1.54. The van der Waals surface area contributed by atoms with Crippen molar-refractivity contribution in [3.63, 3.8) is 0 Å². The maximum atomic E-state index is 12.2. The Labute approximate surface area is 131 Å². The Morgan fingerprint density at radius 3 is 2.52 bits per heavy atom. The standard InChI is InChI=1S/C15H15N3O5/c1-17-9-12(18(20)21)8-13(17)14(19)16-11-4-2-10(3-5-11)15-22-6-7-23-15/h2-5,8-9,15H,6-7H2,1H3,(H,16,19). The molecule has 1 fully saturated rings. The van der Waals surface area contributed by atoms with Gasteiger partial charge in [0.05, 0.1) is 24.3 Å². The molecule has 120 valence electrons. The average Bonchev–Trinajstić information content (AvgIpc) is 3.17. The van der Waals surface area contributed by atoms with Gasteiger partial charge in [-0.15, -0.1) is 0 Å². The predicted molar refractivity (Wildman–Crippen MR) is 81.1 cm³/mol. The van der Waals surface area contributed by atoms with Crippen LogP contribution in [-0.2, 0) is 16.5 Å². The van der Waals surface area contributed by atoms with Crippen LogP contribution in [0.5, 0.6) is 0 Å². The Bertz CT molecular complexity index is 732. The SMILES string of the molecule is Cn1cc([N+](=O)[O-])cc1C(=O)Nc1ccc(C2OCCO2)cc1. The van der Waals surface area contributed by atoms with E-state index in [1.807, 2.05) is 0 Å². The Morgan fingerprint density at radius 1 is 1.30 bits per heavy atom. The molecule has 8 nitrogen and oxygen atoms in total.